The van der Waals surface area contributed by atoms with E-state index in [-0.39, 0.29) is 5.91 Å². The molecule has 0 aromatic rings. The van der Waals surface area contributed by atoms with Gasteiger partial charge in [-0.1, -0.05) is 6.92 Å². The van der Waals surface area contributed by atoms with Crippen molar-refractivity contribution in [3.05, 3.63) is 0 Å². The topological polar surface area (TPSA) is 68.2 Å². The maximum absolute atomic E-state index is 11.4. The Morgan fingerprint density at radius 2 is 2.11 bits per heavy atom. The molecular formula is C13H24N4O. The predicted molar refractivity (Wildman–Crippen MR) is 70.9 cm³/mol. The van der Waals surface area contributed by atoms with Crippen LogP contribution in [0.5, 0.6) is 0 Å². The van der Waals surface area contributed by atoms with Crippen LogP contribution in [0.3, 0.4) is 0 Å². The van der Waals surface area contributed by atoms with Crippen molar-refractivity contribution in [1.29, 1.82) is 5.26 Å². The van der Waals surface area contributed by atoms with Crippen LogP contribution in [0.4, 0.5) is 0 Å². The van der Waals surface area contributed by atoms with E-state index in [0.717, 1.165) is 19.6 Å². The summed E-state index contributed by atoms with van der Waals surface area (Å²) in [6, 6.07) is 2.00. The van der Waals surface area contributed by atoms with Crippen molar-refractivity contribution < 1.29 is 4.79 Å². The number of rotatable bonds is 6. The molecule has 0 bridgehead atoms. The van der Waals surface area contributed by atoms with Crippen LogP contribution in [0.15, 0.2) is 0 Å². The summed E-state index contributed by atoms with van der Waals surface area (Å²) in [4.78, 5) is 13.8. The molecule has 1 aliphatic rings. The number of carbonyl (C=O) groups is 1. The molecule has 1 aliphatic heterocycles. The third-order valence-electron chi connectivity index (χ3n) is 3.59. The summed E-state index contributed by atoms with van der Waals surface area (Å²) in [6.07, 6.45) is 2.72. The van der Waals surface area contributed by atoms with E-state index < -0.39 is 0 Å². The first-order chi connectivity index (χ1) is 8.56. The molecule has 1 fully saturated rings. The smallest absolute Gasteiger partial charge is 0.233 e. The summed E-state index contributed by atoms with van der Waals surface area (Å²) in [7, 11) is 2.15. The molecule has 18 heavy (non-hydrogen) atoms. The molecule has 5 nitrogen and oxygen atoms in total. The monoisotopic (exact) mass is 252 g/mol. The van der Waals surface area contributed by atoms with Gasteiger partial charge in [0.25, 0.3) is 0 Å². The van der Waals surface area contributed by atoms with Crippen LogP contribution in [0.2, 0.25) is 0 Å². The van der Waals surface area contributed by atoms with E-state index in [0.29, 0.717) is 24.9 Å². The molecule has 0 unspecified atom stereocenters. The highest BCUT2D eigenvalue weighted by atomic mass is 16.1. The minimum atomic E-state index is -0.0261. The van der Waals surface area contributed by atoms with Gasteiger partial charge in [0.15, 0.2) is 0 Å². The zero-order chi connectivity index (χ0) is 13.4. The zero-order valence-electron chi connectivity index (χ0n) is 11.5. The minimum Gasteiger partial charge on any atom is -0.354 e. The molecule has 1 rings (SSSR count). The van der Waals surface area contributed by atoms with Crippen molar-refractivity contribution in [3.8, 4) is 6.07 Å². The lowest BCUT2D eigenvalue weighted by molar-refractivity contribution is -0.120. The highest BCUT2D eigenvalue weighted by Crippen LogP contribution is 2.29. The fourth-order valence-corrected chi connectivity index (χ4v) is 2.13. The normalized spacial score (nSPS) is 19.2. The highest BCUT2D eigenvalue weighted by molar-refractivity contribution is 5.77. The SMILES string of the molecule is CN1CCC(C)(CNCC(=O)NCCC#N)CC1. The Hall–Kier alpha value is -1.12. The van der Waals surface area contributed by atoms with E-state index in [4.69, 9.17) is 5.26 Å². The maximum Gasteiger partial charge on any atom is 0.233 e. The van der Waals surface area contributed by atoms with Crippen molar-refractivity contribution in [2.45, 2.75) is 26.2 Å². The Labute approximate surface area is 110 Å². The molecule has 1 amide bonds. The van der Waals surface area contributed by atoms with E-state index in [1.54, 1.807) is 0 Å². The van der Waals surface area contributed by atoms with E-state index in [9.17, 15) is 4.79 Å². The first kappa shape index (κ1) is 14.9. The Kier molecular flexibility index (Phi) is 6.10. The maximum atomic E-state index is 11.4. The van der Waals surface area contributed by atoms with Gasteiger partial charge in [-0.3, -0.25) is 4.79 Å². The van der Waals surface area contributed by atoms with Crippen molar-refractivity contribution in [2.24, 2.45) is 5.41 Å². The van der Waals surface area contributed by atoms with Crippen LogP contribution in [0, 0.1) is 16.7 Å². The number of amides is 1. The summed E-state index contributed by atoms with van der Waals surface area (Å²) in [6.45, 7) is 6.21. The molecule has 1 saturated heterocycles. The molecule has 0 aromatic heterocycles. The second kappa shape index (κ2) is 7.34. The summed E-state index contributed by atoms with van der Waals surface area (Å²) in [5.41, 5.74) is 0.305. The quantitative estimate of drug-likeness (QED) is 0.669. The van der Waals surface area contributed by atoms with Gasteiger partial charge in [-0.25, -0.2) is 0 Å². The second-order valence-electron chi connectivity index (χ2n) is 5.48. The fourth-order valence-electron chi connectivity index (χ4n) is 2.13. The average molecular weight is 252 g/mol. The van der Waals surface area contributed by atoms with Gasteiger partial charge in [-0.15, -0.1) is 0 Å². The number of carbonyl (C=O) groups excluding carboxylic acids is 1. The lowest BCUT2D eigenvalue weighted by Crippen LogP contribution is -2.44. The standard InChI is InChI=1S/C13H24N4O/c1-13(4-8-17(2)9-5-13)11-15-10-12(18)16-7-3-6-14/h15H,3-5,7-11H2,1-2H3,(H,16,18). The van der Waals surface area contributed by atoms with Crippen molar-refractivity contribution in [2.75, 3.05) is 39.8 Å². The van der Waals surface area contributed by atoms with Gasteiger partial charge < -0.3 is 15.5 Å². The molecule has 0 atom stereocenters. The third kappa shape index (κ3) is 5.48. The minimum absolute atomic E-state index is 0.0261. The number of nitrogens with one attached hydrogen (secondary N) is 2. The van der Waals surface area contributed by atoms with Crippen LogP contribution >= 0.6 is 0 Å². The number of hydrogen-bond donors (Lipinski definition) is 2. The summed E-state index contributed by atoms with van der Waals surface area (Å²) < 4.78 is 0. The first-order valence-electron chi connectivity index (χ1n) is 6.59. The number of likely N-dealkylation sites (tertiary alicyclic amines) is 1. The van der Waals surface area contributed by atoms with Gasteiger partial charge in [-0.2, -0.15) is 5.26 Å². The Bertz CT molecular complexity index is 303. The van der Waals surface area contributed by atoms with Crippen LogP contribution in [0.25, 0.3) is 0 Å². The second-order valence-corrected chi connectivity index (χ2v) is 5.48. The van der Waals surface area contributed by atoms with Crippen molar-refractivity contribution >= 4 is 5.91 Å². The van der Waals surface area contributed by atoms with E-state index >= 15 is 0 Å². The lowest BCUT2D eigenvalue weighted by Gasteiger charge is -2.38. The molecule has 102 valence electrons. The van der Waals surface area contributed by atoms with Crippen LogP contribution in [0.1, 0.15) is 26.2 Å². The summed E-state index contributed by atoms with van der Waals surface area (Å²) >= 11 is 0. The van der Waals surface area contributed by atoms with Crippen molar-refractivity contribution in [3.63, 3.8) is 0 Å². The number of piperidine rings is 1. The molecule has 0 saturated carbocycles. The van der Waals surface area contributed by atoms with Crippen LogP contribution < -0.4 is 10.6 Å². The average Bonchev–Trinajstić information content (AvgIpc) is 2.34. The van der Waals surface area contributed by atoms with Gasteiger partial charge in [0.05, 0.1) is 19.0 Å². The molecule has 2 N–H and O–H groups in total. The zero-order valence-corrected chi connectivity index (χ0v) is 11.5. The van der Waals surface area contributed by atoms with E-state index in [1.807, 2.05) is 6.07 Å². The molecule has 5 heteroatoms. The Morgan fingerprint density at radius 3 is 2.72 bits per heavy atom. The number of nitriles is 1. The largest absolute Gasteiger partial charge is 0.354 e. The van der Waals surface area contributed by atoms with Gasteiger partial charge in [0.2, 0.25) is 5.91 Å². The summed E-state index contributed by atoms with van der Waals surface area (Å²) in [5.74, 6) is -0.0261. The molecule has 0 aromatic carbocycles. The summed E-state index contributed by atoms with van der Waals surface area (Å²) in [5, 5.41) is 14.3. The Balaban J connectivity index is 2.13. The van der Waals surface area contributed by atoms with Gasteiger partial charge in [0, 0.05) is 13.1 Å². The van der Waals surface area contributed by atoms with Gasteiger partial charge in [0.1, 0.15) is 0 Å². The van der Waals surface area contributed by atoms with Gasteiger partial charge >= 0.3 is 0 Å². The van der Waals surface area contributed by atoms with Gasteiger partial charge in [-0.05, 0) is 38.4 Å². The fraction of sp³-hybridized carbons (Fsp3) is 0.846. The third-order valence-corrected chi connectivity index (χ3v) is 3.59. The van der Waals surface area contributed by atoms with Crippen LogP contribution in [-0.4, -0.2) is 50.6 Å². The lowest BCUT2D eigenvalue weighted by atomic mass is 9.80. The number of nitrogens with zero attached hydrogens (tertiary/aromatic N) is 2. The van der Waals surface area contributed by atoms with Crippen LogP contribution in [-0.2, 0) is 4.79 Å². The Morgan fingerprint density at radius 1 is 1.44 bits per heavy atom. The molecule has 1 heterocycles. The molecule has 0 spiro atoms. The van der Waals surface area contributed by atoms with E-state index in [2.05, 4.69) is 29.5 Å². The predicted octanol–water partition coefficient (Wildman–Crippen LogP) is 0.338. The van der Waals surface area contributed by atoms with E-state index in [1.165, 1.54) is 12.8 Å². The number of hydrogen-bond acceptors (Lipinski definition) is 4. The molecule has 0 aliphatic carbocycles. The van der Waals surface area contributed by atoms with Crippen molar-refractivity contribution in [1.82, 2.24) is 15.5 Å². The highest BCUT2D eigenvalue weighted by Gasteiger charge is 2.28. The molecule has 0 radical (unpaired) electrons. The molecular weight excluding hydrogens is 228 g/mol. The first-order valence-corrected chi connectivity index (χ1v) is 6.59.